The molecule has 2 aromatic rings. The van der Waals surface area contributed by atoms with Gasteiger partial charge < -0.3 is 9.73 Å². The summed E-state index contributed by atoms with van der Waals surface area (Å²) in [6.45, 7) is 6.02. The molecule has 1 atom stereocenters. The third-order valence-corrected chi connectivity index (χ3v) is 3.24. The lowest BCUT2D eigenvalue weighted by atomic mass is 10.1. The molecule has 0 aliphatic carbocycles. The van der Waals surface area contributed by atoms with Crippen LogP contribution in [0.5, 0.6) is 0 Å². The van der Waals surface area contributed by atoms with Gasteiger partial charge in [-0.05, 0) is 50.6 Å². The topological polar surface area (TPSA) is 25.2 Å². The van der Waals surface area contributed by atoms with E-state index in [-0.39, 0.29) is 6.04 Å². The van der Waals surface area contributed by atoms with Crippen LogP contribution in [-0.4, -0.2) is 0 Å². The van der Waals surface area contributed by atoms with Gasteiger partial charge in [-0.2, -0.15) is 0 Å². The van der Waals surface area contributed by atoms with Gasteiger partial charge in [-0.15, -0.1) is 0 Å². The zero-order valence-corrected chi connectivity index (χ0v) is 11.0. The standard InChI is InChI=1S/C14H16ClNO/c1-9-7-8-14(17-9)11(3)16-13-6-4-5-12(15)10(13)2/h4-8,11,16H,1-3H3. The zero-order chi connectivity index (χ0) is 12.4. The normalized spacial score (nSPS) is 12.5. The van der Waals surface area contributed by atoms with E-state index < -0.39 is 0 Å². The summed E-state index contributed by atoms with van der Waals surface area (Å²) in [5, 5.41) is 4.18. The van der Waals surface area contributed by atoms with Crippen molar-refractivity contribution >= 4 is 17.3 Å². The molecule has 0 saturated carbocycles. The smallest absolute Gasteiger partial charge is 0.126 e. The summed E-state index contributed by atoms with van der Waals surface area (Å²) in [6.07, 6.45) is 0. The van der Waals surface area contributed by atoms with Gasteiger partial charge in [0.05, 0.1) is 6.04 Å². The van der Waals surface area contributed by atoms with Crippen LogP contribution in [0, 0.1) is 13.8 Å². The van der Waals surface area contributed by atoms with E-state index in [4.69, 9.17) is 16.0 Å². The second-order valence-electron chi connectivity index (χ2n) is 4.23. The molecule has 0 amide bonds. The summed E-state index contributed by atoms with van der Waals surface area (Å²) < 4.78 is 5.59. The first-order valence-corrected chi connectivity index (χ1v) is 6.03. The number of aryl methyl sites for hydroxylation is 1. The van der Waals surface area contributed by atoms with Crippen LogP contribution in [0.2, 0.25) is 5.02 Å². The molecule has 1 N–H and O–H groups in total. The molecule has 1 aromatic heterocycles. The third kappa shape index (κ3) is 2.64. The fourth-order valence-electron chi connectivity index (χ4n) is 1.75. The van der Waals surface area contributed by atoms with Crippen molar-refractivity contribution in [2.45, 2.75) is 26.8 Å². The average molecular weight is 250 g/mol. The van der Waals surface area contributed by atoms with Gasteiger partial charge in [0.2, 0.25) is 0 Å². The molecule has 0 radical (unpaired) electrons. The molecule has 1 heterocycles. The van der Waals surface area contributed by atoms with Crippen LogP contribution >= 0.6 is 11.6 Å². The number of furan rings is 1. The predicted octanol–water partition coefficient (Wildman–Crippen LogP) is 4.72. The minimum absolute atomic E-state index is 0.126. The minimum Gasteiger partial charge on any atom is -0.464 e. The number of rotatable bonds is 3. The fraction of sp³-hybridized carbons (Fsp3) is 0.286. The molecule has 17 heavy (non-hydrogen) atoms. The minimum atomic E-state index is 0.126. The molecule has 0 bridgehead atoms. The zero-order valence-electron chi connectivity index (χ0n) is 10.3. The van der Waals surface area contributed by atoms with E-state index in [0.29, 0.717) is 0 Å². The number of halogens is 1. The van der Waals surface area contributed by atoms with Gasteiger partial charge in [-0.25, -0.2) is 0 Å². The van der Waals surface area contributed by atoms with Crippen LogP contribution in [0.4, 0.5) is 5.69 Å². The van der Waals surface area contributed by atoms with Crippen LogP contribution < -0.4 is 5.32 Å². The highest BCUT2D eigenvalue weighted by Gasteiger charge is 2.11. The Balaban J connectivity index is 2.18. The van der Waals surface area contributed by atoms with Gasteiger partial charge in [0.25, 0.3) is 0 Å². The van der Waals surface area contributed by atoms with E-state index in [9.17, 15) is 0 Å². The lowest BCUT2D eigenvalue weighted by molar-refractivity contribution is 0.467. The van der Waals surface area contributed by atoms with Crippen molar-refractivity contribution in [2.75, 3.05) is 5.32 Å². The molecule has 2 nitrogen and oxygen atoms in total. The Bertz CT molecular complexity index is 519. The highest BCUT2D eigenvalue weighted by atomic mass is 35.5. The van der Waals surface area contributed by atoms with Crippen molar-refractivity contribution in [1.29, 1.82) is 0 Å². The lowest BCUT2D eigenvalue weighted by Crippen LogP contribution is -2.06. The number of hydrogen-bond donors (Lipinski definition) is 1. The van der Waals surface area contributed by atoms with Crippen molar-refractivity contribution < 1.29 is 4.42 Å². The first-order chi connectivity index (χ1) is 8.08. The molecule has 0 saturated heterocycles. The Labute approximate surface area is 107 Å². The lowest BCUT2D eigenvalue weighted by Gasteiger charge is -2.15. The maximum absolute atomic E-state index is 6.08. The number of benzene rings is 1. The summed E-state index contributed by atoms with van der Waals surface area (Å²) >= 11 is 6.08. The third-order valence-electron chi connectivity index (χ3n) is 2.83. The van der Waals surface area contributed by atoms with Gasteiger partial charge in [-0.1, -0.05) is 17.7 Å². The highest BCUT2D eigenvalue weighted by Crippen LogP contribution is 2.27. The largest absolute Gasteiger partial charge is 0.464 e. The van der Waals surface area contributed by atoms with E-state index in [1.807, 2.05) is 44.2 Å². The Morgan fingerprint density at radius 1 is 1.18 bits per heavy atom. The molecular formula is C14H16ClNO. The average Bonchev–Trinajstić information content (AvgIpc) is 2.72. The molecule has 0 aliphatic rings. The summed E-state index contributed by atoms with van der Waals surface area (Å²) in [4.78, 5) is 0. The summed E-state index contributed by atoms with van der Waals surface area (Å²) in [7, 11) is 0. The molecule has 0 fully saturated rings. The van der Waals surface area contributed by atoms with E-state index in [2.05, 4.69) is 12.2 Å². The second kappa shape index (κ2) is 4.84. The number of anilines is 1. The van der Waals surface area contributed by atoms with Crippen LogP contribution in [0.15, 0.2) is 34.7 Å². The maximum Gasteiger partial charge on any atom is 0.126 e. The van der Waals surface area contributed by atoms with Crippen molar-refractivity contribution in [3.8, 4) is 0 Å². The Kier molecular flexibility index (Phi) is 3.43. The summed E-state index contributed by atoms with van der Waals surface area (Å²) in [5.41, 5.74) is 2.10. The van der Waals surface area contributed by atoms with Crippen LogP contribution in [0.3, 0.4) is 0 Å². The summed E-state index contributed by atoms with van der Waals surface area (Å²) in [6, 6.07) is 9.95. The van der Waals surface area contributed by atoms with Crippen molar-refractivity contribution in [3.05, 3.63) is 52.4 Å². The Morgan fingerprint density at radius 3 is 2.59 bits per heavy atom. The van der Waals surface area contributed by atoms with Crippen molar-refractivity contribution in [3.63, 3.8) is 0 Å². The molecule has 1 unspecified atom stereocenters. The molecule has 1 aromatic carbocycles. The predicted molar refractivity (Wildman–Crippen MR) is 71.7 cm³/mol. The number of nitrogens with one attached hydrogen (secondary N) is 1. The molecule has 3 heteroatoms. The second-order valence-corrected chi connectivity index (χ2v) is 4.63. The van der Waals surface area contributed by atoms with Crippen LogP contribution in [0.1, 0.15) is 30.0 Å². The Morgan fingerprint density at radius 2 is 1.94 bits per heavy atom. The van der Waals surface area contributed by atoms with E-state index in [1.165, 1.54) is 0 Å². The van der Waals surface area contributed by atoms with Gasteiger partial charge in [0, 0.05) is 10.7 Å². The molecule has 0 aliphatic heterocycles. The summed E-state index contributed by atoms with van der Waals surface area (Å²) in [5.74, 6) is 1.86. The monoisotopic (exact) mass is 249 g/mol. The molecule has 90 valence electrons. The fourth-order valence-corrected chi connectivity index (χ4v) is 1.93. The maximum atomic E-state index is 6.08. The van der Waals surface area contributed by atoms with Crippen molar-refractivity contribution in [2.24, 2.45) is 0 Å². The number of hydrogen-bond acceptors (Lipinski definition) is 2. The molecule has 0 spiro atoms. The van der Waals surface area contributed by atoms with Crippen LogP contribution in [-0.2, 0) is 0 Å². The first kappa shape index (κ1) is 12.1. The van der Waals surface area contributed by atoms with Gasteiger partial charge in [0.15, 0.2) is 0 Å². The van der Waals surface area contributed by atoms with Crippen LogP contribution in [0.25, 0.3) is 0 Å². The Hall–Kier alpha value is -1.41. The van der Waals surface area contributed by atoms with E-state index in [0.717, 1.165) is 27.8 Å². The van der Waals surface area contributed by atoms with Gasteiger partial charge >= 0.3 is 0 Å². The molecular weight excluding hydrogens is 234 g/mol. The molecule has 2 rings (SSSR count). The van der Waals surface area contributed by atoms with Gasteiger partial charge in [0.1, 0.15) is 11.5 Å². The van der Waals surface area contributed by atoms with E-state index >= 15 is 0 Å². The van der Waals surface area contributed by atoms with Gasteiger partial charge in [-0.3, -0.25) is 0 Å². The van der Waals surface area contributed by atoms with E-state index in [1.54, 1.807) is 0 Å². The van der Waals surface area contributed by atoms with Crippen molar-refractivity contribution in [1.82, 2.24) is 0 Å². The highest BCUT2D eigenvalue weighted by molar-refractivity contribution is 6.31. The SMILES string of the molecule is Cc1ccc(C(C)Nc2cccc(Cl)c2C)o1. The quantitative estimate of drug-likeness (QED) is 0.851. The first-order valence-electron chi connectivity index (χ1n) is 5.66.